The predicted octanol–water partition coefficient (Wildman–Crippen LogP) is 2.55. The molecule has 0 aliphatic heterocycles. The zero-order valence-corrected chi connectivity index (χ0v) is 12.7. The number of nitrogens with one attached hydrogen (secondary N) is 1. The van der Waals surface area contributed by atoms with E-state index in [2.05, 4.69) is 5.32 Å². The number of hydrogen-bond acceptors (Lipinski definition) is 3. The first-order valence-corrected chi connectivity index (χ1v) is 7.44. The number of hydrogen-bond donors (Lipinski definition) is 2. The van der Waals surface area contributed by atoms with Gasteiger partial charge < -0.3 is 15.3 Å². The van der Waals surface area contributed by atoms with Gasteiger partial charge in [0.05, 0.1) is 6.42 Å². The first-order chi connectivity index (χ1) is 9.49. The van der Waals surface area contributed by atoms with Crippen molar-refractivity contribution in [2.45, 2.75) is 11.3 Å². The average molecular weight is 317 g/mol. The van der Waals surface area contributed by atoms with Crippen molar-refractivity contribution in [1.82, 2.24) is 10.2 Å². The highest BCUT2D eigenvalue weighted by Gasteiger charge is 2.09. The van der Waals surface area contributed by atoms with Gasteiger partial charge >= 0.3 is 12.0 Å². The first-order valence-electron chi connectivity index (χ1n) is 6.08. The van der Waals surface area contributed by atoms with Crippen LogP contribution in [0.25, 0.3) is 0 Å². The normalized spacial score (nSPS) is 10.1. The molecule has 2 amide bonds. The Kier molecular flexibility index (Phi) is 7.25. The van der Waals surface area contributed by atoms with Gasteiger partial charge in [0.25, 0.3) is 0 Å². The summed E-state index contributed by atoms with van der Waals surface area (Å²) in [5.41, 5.74) is 0. The standard InChI is InChI=1S/C13H17ClN2O3S/c1-16(8-6-12(17)18)13(19)15-7-9-20-11-4-2-10(14)3-5-11/h2-5H,6-9H2,1H3,(H,15,19)(H,17,18). The van der Waals surface area contributed by atoms with Crippen LogP contribution in [-0.4, -0.2) is 47.9 Å². The summed E-state index contributed by atoms with van der Waals surface area (Å²) in [7, 11) is 1.57. The second kappa shape index (κ2) is 8.71. The van der Waals surface area contributed by atoms with Gasteiger partial charge in [0.2, 0.25) is 0 Å². The fourth-order valence-electron chi connectivity index (χ4n) is 1.36. The molecule has 0 bridgehead atoms. The lowest BCUT2D eigenvalue weighted by molar-refractivity contribution is -0.137. The van der Waals surface area contributed by atoms with Crippen LogP contribution < -0.4 is 5.32 Å². The van der Waals surface area contributed by atoms with Gasteiger partial charge in [-0.25, -0.2) is 4.79 Å². The summed E-state index contributed by atoms with van der Waals surface area (Å²) in [5, 5.41) is 12.0. The third kappa shape index (κ3) is 6.68. The summed E-state index contributed by atoms with van der Waals surface area (Å²) in [6.07, 6.45) is -0.0521. The Hall–Kier alpha value is -1.40. The van der Waals surface area contributed by atoms with E-state index in [9.17, 15) is 9.59 Å². The molecular formula is C13H17ClN2O3S. The predicted molar refractivity (Wildman–Crippen MR) is 80.5 cm³/mol. The molecule has 110 valence electrons. The van der Waals surface area contributed by atoms with Crippen molar-refractivity contribution in [2.24, 2.45) is 0 Å². The maximum atomic E-state index is 11.6. The van der Waals surface area contributed by atoms with Gasteiger partial charge in [-0.2, -0.15) is 0 Å². The molecule has 0 spiro atoms. The molecule has 0 aliphatic carbocycles. The zero-order valence-electron chi connectivity index (χ0n) is 11.1. The minimum Gasteiger partial charge on any atom is -0.481 e. The summed E-state index contributed by atoms with van der Waals surface area (Å²) in [6, 6.07) is 7.23. The third-order valence-corrected chi connectivity index (χ3v) is 3.73. The number of urea groups is 1. The molecule has 0 radical (unpaired) electrons. The van der Waals surface area contributed by atoms with Gasteiger partial charge in [0.1, 0.15) is 0 Å². The fourth-order valence-corrected chi connectivity index (χ4v) is 2.25. The molecule has 0 fully saturated rings. The van der Waals surface area contributed by atoms with E-state index in [1.807, 2.05) is 24.3 Å². The van der Waals surface area contributed by atoms with Crippen molar-refractivity contribution in [3.63, 3.8) is 0 Å². The number of amides is 2. The molecule has 0 aliphatic rings. The van der Waals surface area contributed by atoms with Crippen LogP contribution in [0.5, 0.6) is 0 Å². The number of halogens is 1. The van der Waals surface area contributed by atoms with Crippen LogP contribution in [0.3, 0.4) is 0 Å². The number of nitrogens with zero attached hydrogens (tertiary/aromatic N) is 1. The zero-order chi connectivity index (χ0) is 15.0. The summed E-state index contributed by atoms with van der Waals surface area (Å²) < 4.78 is 0. The highest BCUT2D eigenvalue weighted by Crippen LogP contribution is 2.19. The van der Waals surface area contributed by atoms with Gasteiger partial charge in [-0.05, 0) is 24.3 Å². The van der Waals surface area contributed by atoms with Crippen molar-refractivity contribution >= 4 is 35.4 Å². The van der Waals surface area contributed by atoms with Crippen molar-refractivity contribution in [3.8, 4) is 0 Å². The van der Waals surface area contributed by atoms with E-state index in [-0.39, 0.29) is 19.0 Å². The molecule has 0 atom stereocenters. The van der Waals surface area contributed by atoms with Gasteiger partial charge in [-0.1, -0.05) is 11.6 Å². The molecule has 1 rings (SSSR count). The molecule has 7 heteroatoms. The van der Waals surface area contributed by atoms with Crippen molar-refractivity contribution in [1.29, 1.82) is 0 Å². The van der Waals surface area contributed by atoms with Crippen LogP contribution in [0.2, 0.25) is 5.02 Å². The molecule has 0 saturated heterocycles. The Bertz CT molecular complexity index is 453. The van der Waals surface area contributed by atoms with Crippen molar-refractivity contribution < 1.29 is 14.7 Å². The maximum Gasteiger partial charge on any atom is 0.317 e. The van der Waals surface area contributed by atoms with Gasteiger partial charge in [-0.15, -0.1) is 11.8 Å². The van der Waals surface area contributed by atoms with Gasteiger partial charge in [0, 0.05) is 35.8 Å². The number of carbonyl (C=O) groups excluding carboxylic acids is 1. The third-order valence-electron chi connectivity index (χ3n) is 2.47. The molecule has 5 nitrogen and oxygen atoms in total. The van der Waals surface area contributed by atoms with Crippen LogP contribution in [0, 0.1) is 0 Å². The number of thioether (sulfide) groups is 1. The first kappa shape index (κ1) is 16.7. The van der Waals surface area contributed by atoms with E-state index in [4.69, 9.17) is 16.7 Å². The molecule has 1 aromatic rings. The molecule has 0 heterocycles. The van der Waals surface area contributed by atoms with E-state index in [0.29, 0.717) is 11.6 Å². The van der Waals surface area contributed by atoms with E-state index < -0.39 is 5.97 Å². The minimum atomic E-state index is -0.914. The van der Waals surface area contributed by atoms with E-state index in [1.54, 1.807) is 18.8 Å². The molecule has 0 saturated carbocycles. The highest BCUT2D eigenvalue weighted by molar-refractivity contribution is 7.99. The number of rotatable bonds is 7. The Morgan fingerprint density at radius 1 is 1.35 bits per heavy atom. The van der Waals surface area contributed by atoms with Crippen LogP contribution in [0.15, 0.2) is 29.2 Å². The van der Waals surface area contributed by atoms with Crippen molar-refractivity contribution in [3.05, 3.63) is 29.3 Å². The Morgan fingerprint density at radius 2 is 2.00 bits per heavy atom. The second-order valence-corrected chi connectivity index (χ2v) is 5.70. The molecule has 0 unspecified atom stereocenters. The van der Waals surface area contributed by atoms with E-state index in [0.717, 1.165) is 10.6 Å². The van der Waals surface area contributed by atoms with Crippen LogP contribution in [0.4, 0.5) is 4.79 Å². The van der Waals surface area contributed by atoms with Gasteiger partial charge in [-0.3, -0.25) is 4.79 Å². The molecule has 0 aromatic heterocycles. The molecule has 20 heavy (non-hydrogen) atoms. The number of benzene rings is 1. The van der Waals surface area contributed by atoms with Crippen molar-refractivity contribution in [2.75, 3.05) is 25.9 Å². The topological polar surface area (TPSA) is 69.6 Å². The Labute approximate surface area is 127 Å². The highest BCUT2D eigenvalue weighted by atomic mass is 35.5. The lowest BCUT2D eigenvalue weighted by Crippen LogP contribution is -2.39. The maximum absolute atomic E-state index is 11.6. The SMILES string of the molecule is CN(CCC(=O)O)C(=O)NCCSc1ccc(Cl)cc1. The molecule has 2 N–H and O–H groups in total. The van der Waals surface area contributed by atoms with Gasteiger partial charge in [0.15, 0.2) is 0 Å². The monoisotopic (exact) mass is 316 g/mol. The Balaban J connectivity index is 2.18. The second-order valence-electron chi connectivity index (χ2n) is 4.10. The van der Waals surface area contributed by atoms with E-state index >= 15 is 0 Å². The number of carbonyl (C=O) groups is 2. The minimum absolute atomic E-state index is 0.0521. The quantitative estimate of drug-likeness (QED) is 0.599. The number of aliphatic carboxylic acids is 1. The van der Waals surface area contributed by atoms with Crippen LogP contribution in [-0.2, 0) is 4.79 Å². The summed E-state index contributed by atoms with van der Waals surface area (Å²) in [6.45, 7) is 0.717. The number of carboxylic acids is 1. The molecular weight excluding hydrogens is 300 g/mol. The lowest BCUT2D eigenvalue weighted by atomic mass is 10.4. The fraction of sp³-hybridized carbons (Fsp3) is 0.385. The average Bonchev–Trinajstić information content (AvgIpc) is 2.42. The molecule has 1 aromatic carbocycles. The largest absolute Gasteiger partial charge is 0.481 e. The smallest absolute Gasteiger partial charge is 0.317 e. The van der Waals surface area contributed by atoms with Crippen LogP contribution in [0.1, 0.15) is 6.42 Å². The van der Waals surface area contributed by atoms with E-state index in [1.165, 1.54) is 4.90 Å². The van der Waals surface area contributed by atoms with Crippen LogP contribution >= 0.6 is 23.4 Å². The summed E-state index contributed by atoms with van der Waals surface area (Å²) in [4.78, 5) is 24.5. The number of carboxylic acid groups (broad SMARTS) is 1. The Morgan fingerprint density at radius 3 is 2.60 bits per heavy atom. The summed E-state index contributed by atoms with van der Waals surface area (Å²) >= 11 is 7.40. The summed E-state index contributed by atoms with van der Waals surface area (Å²) in [5.74, 6) is -0.178. The lowest BCUT2D eigenvalue weighted by Gasteiger charge is -2.16.